The number of benzene rings is 1. The molecule has 2 aromatic rings. The van der Waals surface area contributed by atoms with Crippen molar-refractivity contribution < 1.29 is 0 Å². The van der Waals surface area contributed by atoms with Crippen LogP contribution in [0.15, 0.2) is 39.1 Å². The summed E-state index contributed by atoms with van der Waals surface area (Å²) in [5, 5.41) is 0.602. The number of thiazole rings is 1. The van der Waals surface area contributed by atoms with Gasteiger partial charge < -0.3 is 4.98 Å². The molecule has 1 aromatic carbocycles. The predicted octanol–water partition coefficient (Wildman–Crippen LogP) is 2.98. The van der Waals surface area contributed by atoms with Gasteiger partial charge in [-0.15, -0.1) is 12.6 Å². The van der Waals surface area contributed by atoms with Crippen molar-refractivity contribution in [3.8, 4) is 0 Å². The molecule has 84 valence electrons. The number of hydrogen-bond acceptors (Lipinski definition) is 4. The molecule has 0 bridgehead atoms. The van der Waals surface area contributed by atoms with Crippen molar-refractivity contribution in [2.45, 2.75) is 5.03 Å². The third kappa shape index (κ3) is 1.87. The summed E-state index contributed by atoms with van der Waals surface area (Å²) in [5.41, 5.74) is 3.05. The molecule has 0 fully saturated rings. The molecule has 0 aliphatic carbocycles. The van der Waals surface area contributed by atoms with Gasteiger partial charge in [-0.05, 0) is 12.1 Å². The molecule has 0 atom stereocenters. The highest BCUT2D eigenvalue weighted by Gasteiger charge is 2.12. The van der Waals surface area contributed by atoms with Gasteiger partial charge in [-0.2, -0.15) is 0 Å². The number of aliphatic imine (C=N–C) groups is 1. The first-order valence-electron chi connectivity index (χ1n) is 5.01. The molecule has 0 unspecified atom stereocenters. The smallest absolute Gasteiger partial charge is 0.305 e. The Morgan fingerprint density at radius 1 is 1.35 bits per heavy atom. The van der Waals surface area contributed by atoms with Gasteiger partial charge in [0, 0.05) is 17.4 Å². The van der Waals surface area contributed by atoms with Gasteiger partial charge in [-0.1, -0.05) is 29.5 Å². The van der Waals surface area contributed by atoms with Crippen LogP contribution in [0, 0.1) is 0 Å². The molecule has 1 aliphatic rings. The van der Waals surface area contributed by atoms with E-state index < -0.39 is 0 Å². The molecular weight excluding hydrogens is 252 g/mol. The fourth-order valence-electron chi connectivity index (χ4n) is 1.73. The van der Waals surface area contributed by atoms with Crippen LogP contribution in [0.25, 0.3) is 11.6 Å². The highest BCUT2D eigenvalue weighted by molar-refractivity contribution is 7.80. The van der Waals surface area contributed by atoms with E-state index in [9.17, 15) is 4.79 Å². The molecule has 1 N–H and O–H groups in total. The minimum Gasteiger partial charge on any atom is -0.307 e. The van der Waals surface area contributed by atoms with Gasteiger partial charge in [0.2, 0.25) is 0 Å². The van der Waals surface area contributed by atoms with E-state index >= 15 is 0 Å². The Morgan fingerprint density at radius 3 is 2.94 bits per heavy atom. The van der Waals surface area contributed by atoms with Gasteiger partial charge in [-0.25, -0.2) is 0 Å². The fraction of sp³-hybridized carbons (Fsp3) is 0. The van der Waals surface area contributed by atoms with Crippen LogP contribution in [0.3, 0.4) is 0 Å². The van der Waals surface area contributed by atoms with Crippen LogP contribution in [0.2, 0.25) is 0 Å². The third-order valence-corrected chi connectivity index (χ3v) is 3.83. The lowest BCUT2D eigenvalue weighted by Gasteiger charge is -1.97. The average Bonchev–Trinajstić information content (AvgIpc) is 2.85. The van der Waals surface area contributed by atoms with Gasteiger partial charge in [0.25, 0.3) is 0 Å². The van der Waals surface area contributed by atoms with Crippen molar-refractivity contribution in [3.63, 3.8) is 0 Å². The van der Waals surface area contributed by atoms with E-state index in [0.717, 1.165) is 33.0 Å². The number of rotatable bonds is 1. The molecule has 17 heavy (non-hydrogen) atoms. The van der Waals surface area contributed by atoms with E-state index in [1.165, 1.54) is 0 Å². The molecule has 2 heterocycles. The van der Waals surface area contributed by atoms with E-state index in [1.54, 1.807) is 0 Å². The van der Waals surface area contributed by atoms with Gasteiger partial charge >= 0.3 is 4.87 Å². The Kier molecular flexibility index (Phi) is 2.49. The number of thiol groups is 1. The van der Waals surface area contributed by atoms with Gasteiger partial charge in [-0.3, -0.25) is 9.79 Å². The number of nitrogens with one attached hydrogen (secondary N) is 1. The topological polar surface area (TPSA) is 45.2 Å². The molecule has 3 rings (SSSR count). The zero-order chi connectivity index (χ0) is 11.8. The molecule has 1 aromatic heterocycles. The highest BCUT2D eigenvalue weighted by Crippen LogP contribution is 2.33. The molecule has 0 radical (unpaired) electrons. The summed E-state index contributed by atoms with van der Waals surface area (Å²) >= 11 is 5.38. The summed E-state index contributed by atoms with van der Waals surface area (Å²) in [4.78, 5) is 18.9. The summed E-state index contributed by atoms with van der Waals surface area (Å²) in [6.45, 7) is 0. The Morgan fingerprint density at radius 2 is 2.18 bits per heavy atom. The van der Waals surface area contributed by atoms with Gasteiger partial charge in [0.1, 0.15) is 0 Å². The molecule has 0 amide bonds. The van der Waals surface area contributed by atoms with Crippen molar-refractivity contribution in [1.82, 2.24) is 4.98 Å². The number of allylic oxidation sites excluding steroid dienone is 1. The van der Waals surface area contributed by atoms with Crippen molar-refractivity contribution in [2.75, 3.05) is 0 Å². The Bertz CT molecular complexity index is 695. The molecule has 0 saturated heterocycles. The zero-order valence-corrected chi connectivity index (χ0v) is 10.4. The lowest BCUT2D eigenvalue weighted by atomic mass is 10.1. The molecule has 0 saturated carbocycles. The van der Waals surface area contributed by atoms with Crippen LogP contribution in [0.5, 0.6) is 0 Å². The fourth-order valence-corrected chi connectivity index (χ4v) is 2.79. The van der Waals surface area contributed by atoms with E-state index in [-0.39, 0.29) is 4.87 Å². The van der Waals surface area contributed by atoms with Gasteiger partial charge in [0.15, 0.2) is 0 Å². The molecule has 0 spiro atoms. The lowest BCUT2D eigenvalue weighted by Crippen LogP contribution is -1.89. The number of nitrogens with zero attached hydrogens (tertiary/aromatic N) is 1. The third-order valence-electron chi connectivity index (χ3n) is 2.50. The molecule has 5 heteroatoms. The summed E-state index contributed by atoms with van der Waals surface area (Å²) < 4.78 is 0. The second-order valence-electron chi connectivity index (χ2n) is 3.60. The SMILES string of the molecule is O=c1[nH]c(S)c(/C=C2\C=Nc3ccccc32)s1. The van der Waals surface area contributed by atoms with Gasteiger partial charge in [0.05, 0.1) is 15.6 Å². The zero-order valence-electron chi connectivity index (χ0n) is 8.68. The maximum atomic E-state index is 11.2. The summed E-state index contributed by atoms with van der Waals surface area (Å²) in [6, 6.07) is 7.91. The Labute approximate surface area is 107 Å². The standard InChI is InChI=1S/C12H8N2OS2/c15-12-14-11(16)10(17-12)5-7-6-13-9-4-2-1-3-8(7)9/h1-6,16H,(H,14,15)/b7-5+. The molecule has 1 aliphatic heterocycles. The summed E-state index contributed by atoms with van der Waals surface area (Å²) in [7, 11) is 0. The first-order chi connectivity index (χ1) is 8.24. The second-order valence-corrected chi connectivity index (χ2v) is 5.06. The van der Waals surface area contributed by atoms with Crippen LogP contribution in [0.4, 0.5) is 5.69 Å². The van der Waals surface area contributed by atoms with Crippen LogP contribution in [-0.4, -0.2) is 11.2 Å². The predicted molar refractivity (Wildman–Crippen MR) is 74.7 cm³/mol. The number of para-hydroxylation sites is 1. The Balaban J connectivity index is 2.11. The average molecular weight is 260 g/mol. The van der Waals surface area contributed by atoms with Crippen LogP contribution in [-0.2, 0) is 0 Å². The van der Waals surface area contributed by atoms with E-state index in [4.69, 9.17) is 0 Å². The largest absolute Gasteiger partial charge is 0.307 e. The minimum atomic E-state index is -0.0925. The number of hydrogen-bond donors (Lipinski definition) is 2. The quantitative estimate of drug-likeness (QED) is 0.761. The second kappa shape index (κ2) is 4.01. The normalized spacial score (nSPS) is 15.5. The van der Waals surface area contributed by atoms with E-state index in [0.29, 0.717) is 5.03 Å². The number of H-pyrrole nitrogens is 1. The Hall–Kier alpha value is -1.59. The van der Waals surface area contributed by atoms with Crippen molar-refractivity contribution in [2.24, 2.45) is 4.99 Å². The van der Waals surface area contributed by atoms with Crippen molar-refractivity contribution >= 4 is 47.5 Å². The number of fused-ring (bicyclic) bond motifs is 1. The number of aromatic amines is 1. The van der Waals surface area contributed by atoms with Crippen LogP contribution < -0.4 is 4.87 Å². The lowest BCUT2D eigenvalue weighted by molar-refractivity contribution is 1.16. The van der Waals surface area contributed by atoms with Crippen molar-refractivity contribution in [3.05, 3.63) is 44.4 Å². The van der Waals surface area contributed by atoms with Crippen LogP contribution >= 0.6 is 24.0 Å². The monoisotopic (exact) mass is 260 g/mol. The number of aromatic nitrogens is 1. The maximum absolute atomic E-state index is 11.2. The van der Waals surface area contributed by atoms with Crippen molar-refractivity contribution in [1.29, 1.82) is 0 Å². The minimum absolute atomic E-state index is 0.0925. The highest BCUT2D eigenvalue weighted by atomic mass is 32.1. The van der Waals surface area contributed by atoms with E-state index in [1.807, 2.05) is 36.6 Å². The molecular formula is C12H8N2OS2. The first kappa shape index (κ1) is 10.6. The maximum Gasteiger partial charge on any atom is 0.305 e. The van der Waals surface area contributed by atoms with Crippen LogP contribution in [0.1, 0.15) is 10.4 Å². The molecule has 3 nitrogen and oxygen atoms in total. The summed E-state index contributed by atoms with van der Waals surface area (Å²) in [6.07, 6.45) is 3.74. The summed E-state index contributed by atoms with van der Waals surface area (Å²) in [5.74, 6) is 0. The first-order valence-corrected chi connectivity index (χ1v) is 6.27. The van der Waals surface area contributed by atoms with E-state index in [2.05, 4.69) is 22.6 Å².